The second kappa shape index (κ2) is 2.77. The van der Waals surface area contributed by atoms with Gasteiger partial charge in [-0.15, -0.1) is 0 Å². The first-order valence-electron chi connectivity index (χ1n) is 4.91. The average molecular weight is 215 g/mol. The fourth-order valence-corrected chi connectivity index (χ4v) is 2.16. The molecule has 0 bridgehead atoms. The molecule has 1 heterocycles. The highest BCUT2D eigenvalue weighted by Crippen LogP contribution is 2.37. The summed E-state index contributed by atoms with van der Waals surface area (Å²) in [6.07, 6.45) is 0.419. The Kier molecular flexibility index (Phi) is 1.60. The largest absolute Gasteiger partial charge is 0.497 e. The van der Waals surface area contributed by atoms with E-state index >= 15 is 0 Å². The number of fused-ring (bicyclic) bond motifs is 1. The Balaban J connectivity index is 2.09. The van der Waals surface area contributed by atoms with Gasteiger partial charge in [0, 0.05) is 18.0 Å². The summed E-state index contributed by atoms with van der Waals surface area (Å²) in [5.41, 5.74) is 0.459. The molecule has 4 nitrogen and oxygen atoms in total. The summed E-state index contributed by atoms with van der Waals surface area (Å²) in [4.78, 5) is 12.1. The lowest BCUT2D eigenvalue weighted by Crippen LogP contribution is -2.53. The number of carbonyl (C=O) groups excluding carboxylic acids is 1. The lowest BCUT2D eigenvalue weighted by molar-refractivity contribution is -0.0928. The van der Waals surface area contributed by atoms with Crippen LogP contribution in [0, 0.1) is 12.0 Å². The smallest absolute Gasteiger partial charge is 0.204 e. The number of methoxy groups -OCH3 is 1. The molecule has 1 aliphatic carbocycles. The van der Waals surface area contributed by atoms with Crippen molar-refractivity contribution in [2.75, 3.05) is 7.11 Å². The number of hydrogen-bond donors (Lipinski definition) is 1. The number of rotatable bonds is 1. The molecule has 1 aromatic rings. The molecular formula is C12H9NO3. The summed E-state index contributed by atoms with van der Waals surface area (Å²) in [5.74, 6) is 3.32. The molecule has 1 aliphatic heterocycles. The van der Waals surface area contributed by atoms with Crippen molar-refractivity contribution >= 4 is 5.78 Å². The van der Waals surface area contributed by atoms with Crippen molar-refractivity contribution in [1.82, 2.24) is 5.06 Å². The fourth-order valence-electron chi connectivity index (χ4n) is 2.16. The number of ketones is 1. The first-order chi connectivity index (χ1) is 7.67. The highest BCUT2D eigenvalue weighted by Gasteiger charge is 2.52. The van der Waals surface area contributed by atoms with Crippen molar-refractivity contribution in [1.29, 1.82) is 0 Å². The van der Waals surface area contributed by atoms with Gasteiger partial charge in [0.2, 0.25) is 11.3 Å². The first-order valence-corrected chi connectivity index (χ1v) is 4.91. The third-order valence-electron chi connectivity index (χ3n) is 3.11. The van der Waals surface area contributed by atoms with E-state index in [0.717, 1.165) is 10.6 Å². The van der Waals surface area contributed by atoms with Crippen molar-refractivity contribution in [3.05, 3.63) is 29.3 Å². The van der Waals surface area contributed by atoms with Gasteiger partial charge in [-0.05, 0) is 29.7 Å². The number of hydrogen-bond acceptors (Lipinski definition) is 4. The van der Waals surface area contributed by atoms with Crippen molar-refractivity contribution in [2.24, 2.45) is 0 Å². The van der Waals surface area contributed by atoms with E-state index in [-0.39, 0.29) is 5.78 Å². The van der Waals surface area contributed by atoms with E-state index in [0.29, 0.717) is 17.7 Å². The van der Waals surface area contributed by atoms with Crippen LogP contribution in [0.15, 0.2) is 18.2 Å². The maximum atomic E-state index is 12.1. The second-order valence-electron chi connectivity index (χ2n) is 3.94. The summed E-state index contributed by atoms with van der Waals surface area (Å²) in [5, 5.41) is 10.3. The Morgan fingerprint density at radius 2 is 2.38 bits per heavy atom. The molecule has 16 heavy (non-hydrogen) atoms. The molecule has 1 atom stereocenters. The molecule has 1 spiro atoms. The molecule has 1 N–H and O–H groups in total. The van der Waals surface area contributed by atoms with Crippen molar-refractivity contribution in [3.63, 3.8) is 0 Å². The summed E-state index contributed by atoms with van der Waals surface area (Å²) in [7, 11) is 1.58. The van der Waals surface area contributed by atoms with E-state index in [1.165, 1.54) is 0 Å². The Hall–Kier alpha value is -1.99. The Bertz CT molecular complexity index is 555. The molecule has 80 valence electrons. The molecule has 0 radical (unpaired) electrons. The topological polar surface area (TPSA) is 49.8 Å². The molecule has 0 amide bonds. The monoisotopic (exact) mass is 215 g/mol. The van der Waals surface area contributed by atoms with Gasteiger partial charge < -0.3 is 4.74 Å². The zero-order valence-corrected chi connectivity index (χ0v) is 8.65. The van der Waals surface area contributed by atoms with Gasteiger partial charge in [-0.3, -0.25) is 10.0 Å². The lowest BCUT2D eigenvalue weighted by atomic mass is 9.91. The third kappa shape index (κ3) is 0.909. The van der Waals surface area contributed by atoms with Crippen LogP contribution in [0.2, 0.25) is 0 Å². The van der Waals surface area contributed by atoms with Crippen LogP contribution in [0.3, 0.4) is 0 Å². The van der Waals surface area contributed by atoms with Crippen LogP contribution in [0.25, 0.3) is 0 Å². The number of Topliss-reactive ketones (excluding diaryl/α,β-unsaturated/α-hetero) is 1. The van der Waals surface area contributed by atoms with E-state index in [9.17, 15) is 10.0 Å². The quantitative estimate of drug-likeness (QED) is 0.705. The zero-order valence-electron chi connectivity index (χ0n) is 8.65. The van der Waals surface area contributed by atoms with Crippen molar-refractivity contribution in [3.8, 4) is 17.7 Å². The molecular weight excluding hydrogens is 206 g/mol. The van der Waals surface area contributed by atoms with Crippen molar-refractivity contribution in [2.45, 2.75) is 12.0 Å². The van der Waals surface area contributed by atoms with E-state index in [1.54, 1.807) is 19.2 Å². The molecule has 1 unspecified atom stereocenters. The van der Waals surface area contributed by atoms with Crippen LogP contribution in [-0.2, 0) is 6.42 Å². The summed E-state index contributed by atoms with van der Waals surface area (Å²) >= 11 is 0. The van der Waals surface area contributed by atoms with Gasteiger partial charge in [0.15, 0.2) is 0 Å². The highest BCUT2D eigenvalue weighted by atomic mass is 16.5. The maximum absolute atomic E-state index is 12.1. The fraction of sp³-hybridized carbons (Fsp3) is 0.250. The highest BCUT2D eigenvalue weighted by molar-refractivity contribution is 6.11. The first kappa shape index (κ1) is 9.25. The summed E-state index contributed by atoms with van der Waals surface area (Å²) in [6, 6.07) is 7.70. The SMILES string of the molecule is COc1ccc2c(c1)CC1(C#CN1O)C2=O. The van der Waals surface area contributed by atoms with E-state index < -0.39 is 5.54 Å². The molecule has 0 aromatic heterocycles. The van der Waals surface area contributed by atoms with Crippen LogP contribution in [0.5, 0.6) is 5.75 Å². The number of carbonyl (C=O) groups is 1. The standard InChI is InChI=1S/C12H9NO3/c1-16-9-2-3-10-8(6-9)7-12(11(10)14)4-5-13(12)15/h2-3,6,15H,7H2,1H3. The van der Waals surface area contributed by atoms with Gasteiger partial charge in [0.1, 0.15) is 5.75 Å². The minimum atomic E-state index is -1.03. The molecule has 4 heteroatoms. The predicted octanol–water partition coefficient (Wildman–Crippen LogP) is 0.838. The number of benzene rings is 1. The second-order valence-corrected chi connectivity index (χ2v) is 3.94. The van der Waals surface area contributed by atoms with Gasteiger partial charge in [-0.2, -0.15) is 5.06 Å². The van der Waals surface area contributed by atoms with Gasteiger partial charge in [0.05, 0.1) is 7.11 Å². The molecule has 2 aliphatic rings. The number of nitrogens with zero attached hydrogens (tertiary/aromatic N) is 1. The zero-order chi connectivity index (χ0) is 11.3. The molecule has 3 rings (SSSR count). The van der Waals surface area contributed by atoms with Gasteiger partial charge in [-0.1, -0.05) is 0 Å². The minimum absolute atomic E-state index is 0.133. The molecule has 1 aromatic carbocycles. The minimum Gasteiger partial charge on any atom is -0.497 e. The third-order valence-corrected chi connectivity index (χ3v) is 3.11. The van der Waals surface area contributed by atoms with Gasteiger partial charge in [-0.25, -0.2) is 0 Å². The van der Waals surface area contributed by atoms with Gasteiger partial charge >= 0.3 is 0 Å². The Labute approximate surface area is 92.4 Å². The molecule has 0 saturated carbocycles. The lowest BCUT2D eigenvalue weighted by Gasteiger charge is -2.32. The van der Waals surface area contributed by atoms with E-state index in [2.05, 4.69) is 12.0 Å². The summed E-state index contributed by atoms with van der Waals surface area (Å²) in [6.45, 7) is 0. The number of ether oxygens (including phenoxy) is 1. The molecule has 0 saturated heterocycles. The summed E-state index contributed by atoms with van der Waals surface area (Å²) < 4.78 is 5.10. The van der Waals surface area contributed by atoms with Gasteiger partial charge in [0.25, 0.3) is 0 Å². The molecule has 0 fully saturated rings. The van der Waals surface area contributed by atoms with Crippen LogP contribution in [-0.4, -0.2) is 28.7 Å². The van der Waals surface area contributed by atoms with Crippen LogP contribution in [0.1, 0.15) is 15.9 Å². The van der Waals surface area contributed by atoms with E-state index in [1.807, 2.05) is 6.07 Å². The Morgan fingerprint density at radius 3 is 2.94 bits per heavy atom. The normalized spacial score (nSPS) is 24.9. The van der Waals surface area contributed by atoms with Crippen molar-refractivity contribution < 1.29 is 14.7 Å². The Morgan fingerprint density at radius 1 is 1.56 bits per heavy atom. The average Bonchev–Trinajstić information content (AvgIpc) is 2.62. The maximum Gasteiger partial charge on any atom is 0.204 e. The van der Waals surface area contributed by atoms with Crippen LogP contribution in [0.4, 0.5) is 0 Å². The predicted molar refractivity (Wildman–Crippen MR) is 55.2 cm³/mol. The van der Waals surface area contributed by atoms with Crippen LogP contribution < -0.4 is 4.74 Å². The number of hydroxylamine groups is 2. The van der Waals surface area contributed by atoms with E-state index in [4.69, 9.17) is 4.74 Å². The van der Waals surface area contributed by atoms with Crippen LogP contribution >= 0.6 is 0 Å².